The zero-order valence-electron chi connectivity index (χ0n) is 11.5. The van der Waals surface area contributed by atoms with Crippen LogP contribution >= 0.6 is 24.0 Å². The molecule has 0 amide bonds. The van der Waals surface area contributed by atoms with Crippen molar-refractivity contribution in [1.82, 2.24) is 4.98 Å². The molecule has 1 atom stereocenters. The van der Waals surface area contributed by atoms with E-state index in [4.69, 9.17) is 18.0 Å². The molecule has 0 bridgehead atoms. The number of pyridine rings is 1. The second kappa shape index (κ2) is 6.00. The molecule has 1 unspecified atom stereocenters. The Morgan fingerprint density at radius 1 is 1.52 bits per heavy atom. The molecule has 3 nitrogen and oxygen atoms in total. The third-order valence-corrected chi connectivity index (χ3v) is 5.14. The van der Waals surface area contributed by atoms with Crippen molar-refractivity contribution in [2.24, 2.45) is 5.73 Å². The van der Waals surface area contributed by atoms with E-state index in [-0.39, 0.29) is 15.6 Å². The molecule has 1 saturated heterocycles. The first-order chi connectivity index (χ1) is 9.71. The number of halogens is 3. The fourth-order valence-electron chi connectivity index (χ4n) is 2.20. The Kier molecular flexibility index (Phi) is 4.67. The molecule has 0 aromatic carbocycles. The topological polar surface area (TPSA) is 50.9 Å². The van der Waals surface area contributed by atoms with Crippen LogP contribution in [0, 0.1) is 0 Å². The van der Waals surface area contributed by atoms with E-state index in [0.717, 1.165) is 24.7 Å². The number of aromatic nitrogens is 1. The van der Waals surface area contributed by atoms with Crippen molar-refractivity contribution in [1.29, 1.82) is 0 Å². The average Bonchev–Trinajstić information content (AvgIpc) is 2.82. The average molecular weight is 335 g/mol. The summed E-state index contributed by atoms with van der Waals surface area (Å²) in [5, 5.41) is 2.99. The minimum atomic E-state index is -4.49. The van der Waals surface area contributed by atoms with Gasteiger partial charge in [-0.1, -0.05) is 12.2 Å². The van der Waals surface area contributed by atoms with Crippen LogP contribution in [0.3, 0.4) is 0 Å². The highest BCUT2D eigenvalue weighted by Crippen LogP contribution is 2.38. The number of rotatable bonds is 4. The minimum Gasteiger partial charge on any atom is -0.389 e. The van der Waals surface area contributed by atoms with Gasteiger partial charge in [0.15, 0.2) is 0 Å². The normalized spacial score (nSPS) is 22.3. The van der Waals surface area contributed by atoms with Crippen LogP contribution in [0.2, 0.25) is 0 Å². The van der Waals surface area contributed by atoms with Crippen LogP contribution in [0.25, 0.3) is 0 Å². The molecule has 1 aliphatic rings. The smallest absolute Gasteiger partial charge is 0.389 e. The third kappa shape index (κ3) is 4.00. The lowest BCUT2D eigenvalue weighted by atomic mass is 10.1. The Morgan fingerprint density at radius 3 is 2.76 bits per heavy atom. The fraction of sp³-hybridized carbons (Fsp3) is 0.538. The van der Waals surface area contributed by atoms with Crippen molar-refractivity contribution >= 4 is 34.8 Å². The lowest BCUT2D eigenvalue weighted by Gasteiger charge is -2.24. The van der Waals surface area contributed by atoms with Crippen molar-refractivity contribution in [3.05, 3.63) is 23.4 Å². The number of nitrogens with two attached hydrogens (primary N) is 1. The minimum absolute atomic E-state index is 0.00338. The third-order valence-electron chi connectivity index (χ3n) is 3.38. The van der Waals surface area contributed by atoms with Gasteiger partial charge in [-0.05, 0) is 37.7 Å². The van der Waals surface area contributed by atoms with E-state index in [0.29, 0.717) is 12.1 Å². The number of thiocarbonyl (C=S) groups is 1. The number of nitrogens with one attached hydrogen (secondary N) is 1. The Balaban J connectivity index is 2.24. The van der Waals surface area contributed by atoms with Crippen molar-refractivity contribution in [3.63, 3.8) is 0 Å². The van der Waals surface area contributed by atoms with Crippen LogP contribution in [-0.4, -0.2) is 27.0 Å². The standard InChI is InChI=1S/C13H16F3N3S2/c1-12(5-2-6-21-12)7-18-11-8(10(17)20)3-4-9(19-11)13(14,15)16/h3-4H,2,5-7H2,1H3,(H2,17,20)(H,18,19). The summed E-state index contributed by atoms with van der Waals surface area (Å²) in [6, 6.07) is 2.16. The summed E-state index contributed by atoms with van der Waals surface area (Å²) in [5.74, 6) is 1.17. The molecule has 0 radical (unpaired) electrons. The van der Waals surface area contributed by atoms with Crippen molar-refractivity contribution in [3.8, 4) is 0 Å². The van der Waals surface area contributed by atoms with Crippen molar-refractivity contribution in [2.45, 2.75) is 30.7 Å². The van der Waals surface area contributed by atoms with Crippen LogP contribution < -0.4 is 11.1 Å². The highest BCUT2D eigenvalue weighted by molar-refractivity contribution is 8.00. The van der Waals surface area contributed by atoms with Gasteiger partial charge in [-0.2, -0.15) is 24.9 Å². The molecule has 8 heteroatoms. The number of alkyl halides is 3. The molecule has 0 aliphatic carbocycles. The maximum atomic E-state index is 12.8. The number of nitrogens with zero attached hydrogens (tertiary/aromatic N) is 1. The van der Waals surface area contributed by atoms with Gasteiger partial charge in [-0.3, -0.25) is 0 Å². The molecule has 3 N–H and O–H groups in total. The van der Waals surface area contributed by atoms with Gasteiger partial charge in [0, 0.05) is 11.3 Å². The SMILES string of the molecule is CC1(CNc2nc(C(F)(F)F)ccc2C(N)=S)CCCS1. The number of anilines is 1. The Labute approximate surface area is 130 Å². The molecular formula is C13H16F3N3S2. The Morgan fingerprint density at radius 2 is 2.24 bits per heavy atom. The maximum absolute atomic E-state index is 12.8. The molecule has 0 spiro atoms. The van der Waals surface area contributed by atoms with E-state index in [9.17, 15) is 13.2 Å². The number of hydrogen-bond donors (Lipinski definition) is 2. The van der Waals surface area contributed by atoms with E-state index in [1.54, 1.807) is 0 Å². The fourth-order valence-corrected chi connectivity index (χ4v) is 3.61. The highest BCUT2D eigenvalue weighted by atomic mass is 32.2. The van der Waals surface area contributed by atoms with Gasteiger partial charge in [0.2, 0.25) is 0 Å². The number of thioether (sulfide) groups is 1. The Hall–Kier alpha value is -1.02. The quantitative estimate of drug-likeness (QED) is 0.826. The van der Waals surface area contributed by atoms with Crippen LogP contribution in [0.4, 0.5) is 19.0 Å². The van der Waals surface area contributed by atoms with Gasteiger partial charge in [0.1, 0.15) is 16.5 Å². The van der Waals surface area contributed by atoms with Gasteiger partial charge in [-0.25, -0.2) is 4.98 Å². The van der Waals surface area contributed by atoms with Crippen molar-refractivity contribution < 1.29 is 13.2 Å². The summed E-state index contributed by atoms with van der Waals surface area (Å²) >= 11 is 6.69. The van der Waals surface area contributed by atoms with E-state index in [1.165, 1.54) is 6.07 Å². The molecule has 2 heterocycles. The second-order valence-electron chi connectivity index (χ2n) is 5.21. The molecule has 1 aromatic heterocycles. The summed E-state index contributed by atoms with van der Waals surface area (Å²) in [6.07, 6.45) is -2.36. The first-order valence-electron chi connectivity index (χ1n) is 6.47. The van der Waals surface area contributed by atoms with Crippen LogP contribution in [0.15, 0.2) is 12.1 Å². The zero-order valence-corrected chi connectivity index (χ0v) is 13.1. The molecule has 1 aliphatic heterocycles. The van der Waals surface area contributed by atoms with E-state index in [1.807, 2.05) is 11.8 Å². The largest absolute Gasteiger partial charge is 0.433 e. The molecule has 0 saturated carbocycles. The van der Waals surface area contributed by atoms with Gasteiger partial charge < -0.3 is 11.1 Å². The predicted octanol–water partition coefficient (Wildman–Crippen LogP) is 3.43. The summed E-state index contributed by atoms with van der Waals surface area (Å²) in [6.45, 7) is 2.62. The van der Waals surface area contributed by atoms with Gasteiger partial charge in [0.05, 0.1) is 5.56 Å². The molecular weight excluding hydrogens is 319 g/mol. The predicted molar refractivity (Wildman–Crippen MR) is 83.7 cm³/mol. The van der Waals surface area contributed by atoms with E-state index >= 15 is 0 Å². The van der Waals surface area contributed by atoms with E-state index in [2.05, 4.69) is 17.2 Å². The summed E-state index contributed by atoms with van der Waals surface area (Å²) in [7, 11) is 0. The monoisotopic (exact) mass is 335 g/mol. The lowest BCUT2D eigenvalue weighted by molar-refractivity contribution is -0.141. The van der Waals surface area contributed by atoms with Crippen LogP contribution in [0.5, 0.6) is 0 Å². The molecule has 21 heavy (non-hydrogen) atoms. The molecule has 1 fully saturated rings. The summed E-state index contributed by atoms with van der Waals surface area (Å²) < 4.78 is 38.3. The van der Waals surface area contributed by atoms with Crippen LogP contribution in [0.1, 0.15) is 31.0 Å². The van der Waals surface area contributed by atoms with Crippen molar-refractivity contribution in [2.75, 3.05) is 17.6 Å². The highest BCUT2D eigenvalue weighted by Gasteiger charge is 2.34. The maximum Gasteiger partial charge on any atom is 0.433 e. The Bertz CT molecular complexity index is 540. The zero-order chi connectivity index (χ0) is 15.7. The van der Waals surface area contributed by atoms with Gasteiger partial charge >= 0.3 is 6.18 Å². The molecule has 1 aromatic rings. The summed E-state index contributed by atoms with van der Waals surface area (Å²) in [4.78, 5) is 3.67. The first kappa shape index (κ1) is 16.4. The lowest BCUT2D eigenvalue weighted by Crippen LogP contribution is -2.29. The van der Waals surface area contributed by atoms with Gasteiger partial charge in [-0.15, -0.1) is 0 Å². The number of hydrogen-bond acceptors (Lipinski definition) is 4. The molecule has 2 rings (SSSR count). The second-order valence-corrected chi connectivity index (χ2v) is 7.33. The van der Waals surface area contributed by atoms with Gasteiger partial charge in [0.25, 0.3) is 0 Å². The van der Waals surface area contributed by atoms with E-state index < -0.39 is 11.9 Å². The van der Waals surface area contributed by atoms with Crippen LogP contribution in [-0.2, 0) is 6.18 Å². The molecule has 116 valence electrons. The summed E-state index contributed by atoms with van der Waals surface area (Å²) in [5.41, 5.74) is 4.94. The first-order valence-corrected chi connectivity index (χ1v) is 7.86.